The molecule has 0 heterocycles. The van der Waals surface area contributed by atoms with Crippen molar-refractivity contribution >= 4 is 46.8 Å². The van der Waals surface area contributed by atoms with E-state index in [4.69, 9.17) is 23.2 Å². The molecule has 0 bridgehead atoms. The van der Waals surface area contributed by atoms with Gasteiger partial charge in [-0.15, -0.1) is 11.8 Å². The molecule has 4 nitrogen and oxygen atoms in total. The molecular weight excluding hydrogens is 511 g/mol. The highest BCUT2D eigenvalue weighted by Crippen LogP contribution is 2.28. The van der Waals surface area contributed by atoms with Gasteiger partial charge in [-0.25, -0.2) is 0 Å². The molecule has 1 atom stereocenters. The normalized spacial score (nSPS) is 12.2. The number of rotatable bonds is 9. The Balaban J connectivity index is 1.97. The highest BCUT2D eigenvalue weighted by atomic mass is 35.5. The molecule has 1 N–H and O–H groups in total. The Hall–Kier alpha value is -2.47. The van der Waals surface area contributed by atoms with Crippen molar-refractivity contribution in [2.75, 3.05) is 5.75 Å². The zero-order chi connectivity index (χ0) is 26.3. The van der Waals surface area contributed by atoms with Gasteiger partial charge in [-0.05, 0) is 57.5 Å². The lowest BCUT2D eigenvalue weighted by molar-refractivity contribution is -0.140. The number of carbonyl (C=O) groups is 2. The summed E-state index contributed by atoms with van der Waals surface area (Å²) in [5, 5.41) is 3.98. The number of carbonyl (C=O) groups excluding carboxylic acids is 2. The monoisotopic (exact) mass is 542 g/mol. The maximum absolute atomic E-state index is 13.8. The van der Waals surface area contributed by atoms with Crippen LogP contribution in [0.5, 0.6) is 0 Å². The molecule has 36 heavy (non-hydrogen) atoms. The van der Waals surface area contributed by atoms with Gasteiger partial charge >= 0.3 is 0 Å². The van der Waals surface area contributed by atoms with Gasteiger partial charge < -0.3 is 10.2 Å². The van der Waals surface area contributed by atoms with Crippen molar-refractivity contribution in [1.82, 2.24) is 10.2 Å². The fourth-order valence-corrected chi connectivity index (χ4v) is 5.02. The Labute approximate surface area is 228 Å². The number of benzene rings is 3. The Morgan fingerprint density at radius 1 is 0.917 bits per heavy atom. The van der Waals surface area contributed by atoms with Crippen LogP contribution in [0.2, 0.25) is 10.0 Å². The van der Waals surface area contributed by atoms with Crippen molar-refractivity contribution in [3.8, 4) is 0 Å². The lowest BCUT2D eigenvalue weighted by atomic mass is 10.0. The van der Waals surface area contributed by atoms with Gasteiger partial charge in [0, 0.05) is 39.0 Å². The van der Waals surface area contributed by atoms with Crippen molar-refractivity contribution < 1.29 is 9.59 Å². The van der Waals surface area contributed by atoms with Crippen LogP contribution in [0, 0.1) is 6.92 Å². The molecule has 3 aromatic rings. The van der Waals surface area contributed by atoms with Crippen LogP contribution in [0.1, 0.15) is 37.5 Å². The van der Waals surface area contributed by atoms with Gasteiger partial charge in [-0.2, -0.15) is 0 Å². The van der Waals surface area contributed by atoms with Gasteiger partial charge in [0.1, 0.15) is 6.04 Å². The summed E-state index contributed by atoms with van der Waals surface area (Å²) < 4.78 is 0. The van der Waals surface area contributed by atoms with Crippen LogP contribution >= 0.6 is 35.0 Å². The van der Waals surface area contributed by atoms with E-state index in [9.17, 15) is 9.59 Å². The van der Waals surface area contributed by atoms with Crippen LogP contribution in [0.4, 0.5) is 0 Å². The second-order valence-corrected chi connectivity index (χ2v) is 11.6. The molecule has 0 spiro atoms. The minimum Gasteiger partial charge on any atom is -0.350 e. The average Bonchev–Trinajstić information content (AvgIpc) is 2.82. The zero-order valence-electron chi connectivity index (χ0n) is 21.1. The number of hydrogen-bond acceptors (Lipinski definition) is 3. The molecule has 0 aliphatic rings. The van der Waals surface area contributed by atoms with Crippen LogP contribution in [0.25, 0.3) is 0 Å². The summed E-state index contributed by atoms with van der Waals surface area (Å²) in [6.45, 7) is 7.93. The van der Waals surface area contributed by atoms with E-state index in [1.165, 1.54) is 11.8 Å². The van der Waals surface area contributed by atoms with Crippen LogP contribution < -0.4 is 5.32 Å². The summed E-state index contributed by atoms with van der Waals surface area (Å²) in [7, 11) is 0. The van der Waals surface area contributed by atoms with Crippen LogP contribution in [-0.2, 0) is 22.6 Å². The highest BCUT2D eigenvalue weighted by molar-refractivity contribution is 8.00. The maximum atomic E-state index is 13.8. The molecule has 0 fully saturated rings. The van der Waals surface area contributed by atoms with Gasteiger partial charge in [0.2, 0.25) is 11.8 Å². The van der Waals surface area contributed by atoms with Gasteiger partial charge in [-0.1, -0.05) is 77.3 Å². The zero-order valence-corrected chi connectivity index (χ0v) is 23.4. The number of hydrogen-bond donors (Lipinski definition) is 1. The lowest BCUT2D eigenvalue weighted by Gasteiger charge is -2.34. The maximum Gasteiger partial charge on any atom is 0.243 e. The van der Waals surface area contributed by atoms with Crippen molar-refractivity contribution in [3.05, 3.63) is 99.5 Å². The Morgan fingerprint density at radius 3 is 2.11 bits per heavy atom. The van der Waals surface area contributed by atoms with E-state index in [1.807, 2.05) is 82.3 Å². The summed E-state index contributed by atoms with van der Waals surface area (Å²) in [6, 6.07) is 22.2. The first kappa shape index (κ1) is 28.1. The van der Waals surface area contributed by atoms with E-state index >= 15 is 0 Å². The van der Waals surface area contributed by atoms with Crippen molar-refractivity contribution in [1.29, 1.82) is 0 Å². The van der Waals surface area contributed by atoms with Crippen molar-refractivity contribution in [2.45, 2.75) is 57.1 Å². The first-order valence-electron chi connectivity index (χ1n) is 11.8. The minimum atomic E-state index is -0.745. The number of thioether (sulfide) groups is 1. The standard InChI is InChI=1S/C29H32Cl2N2O2S/c1-20-13-15-22(16-14-20)36-19-27(34)33(18-23-24(30)11-8-12-25(23)31)26(28(35)32-29(2,3)4)17-21-9-6-5-7-10-21/h5-16,26H,17-19H2,1-4H3,(H,32,35). The van der Waals surface area contributed by atoms with E-state index < -0.39 is 11.6 Å². The van der Waals surface area contributed by atoms with Crippen molar-refractivity contribution in [2.24, 2.45) is 0 Å². The van der Waals surface area contributed by atoms with E-state index in [0.717, 1.165) is 16.0 Å². The Bertz CT molecular complexity index is 1160. The largest absolute Gasteiger partial charge is 0.350 e. The number of nitrogens with zero attached hydrogens (tertiary/aromatic N) is 1. The second kappa shape index (κ2) is 12.7. The molecule has 190 valence electrons. The van der Waals surface area contributed by atoms with Gasteiger partial charge in [0.05, 0.1) is 5.75 Å². The SMILES string of the molecule is Cc1ccc(SCC(=O)N(Cc2c(Cl)cccc2Cl)C(Cc2ccccc2)C(=O)NC(C)(C)C)cc1. The predicted molar refractivity (Wildman–Crippen MR) is 151 cm³/mol. The molecule has 0 saturated heterocycles. The molecule has 0 aliphatic carbocycles. The Kier molecular flexibility index (Phi) is 9.89. The Morgan fingerprint density at radius 2 is 1.53 bits per heavy atom. The number of aryl methyl sites for hydroxylation is 1. The summed E-state index contributed by atoms with van der Waals surface area (Å²) in [4.78, 5) is 30.0. The fraction of sp³-hybridized carbons (Fsp3) is 0.310. The topological polar surface area (TPSA) is 49.4 Å². The van der Waals surface area contributed by atoms with Gasteiger partial charge in [-0.3, -0.25) is 9.59 Å². The molecule has 3 rings (SSSR count). The average molecular weight is 544 g/mol. The molecule has 0 saturated carbocycles. The summed E-state index contributed by atoms with van der Waals surface area (Å²) in [5.41, 5.74) is 2.28. The van der Waals surface area contributed by atoms with E-state index in [1.54, 1.807) is 23.1 Å². The fourth-order valence-electron chi connectivity index (χ4n) is 3.72. The molecule has 1 unspecified atom stereocenters. The van der Waals surface area contributed by atoms with Crippen LogP contribution in [0.15, 0.2) is 77.7 Å². The predicted octanol–water partition coefficient (Wildman–Crippen LogP) is 6.95. The second-order valence-electron chi connectivity index (χ2n) is 9.77. The first-order chi connectivity index (χ1) is 17.0. The molecule has 0 radical (unpaired) electrons. The van der Waals surface area contributed by atoms with E-state index in [0.29, 0.717) is 22.0 Å². The number of halogens is 2. The molecule has 2 amide bonds. The summed E-state index contributed by atoms with van der Waals surface area (Å²) in [5.74, 6) is -0.205. The van der Waals surface area contributed by atoms with Crippen LogP contribution in [0.3, 0.4) is 0 Å². The first-order valence-corrected chi connectivity index (χ1v) is 13.6. The number of nitrogens with one attached hydrogen (secondary N) is 1. The third kappa shape index (κ3) is 8.29. The summed E-state index contributed by atoms with van der Waals surface area (Å²) >= 11 is 14.4. The summed E-state index contributed by atoms with van der Waals surface area (Å²) in [6.07, 6.45) is 0.367. The van der Waals surface area contributed by atoms with Crippen LogP contribution in [-0.4, -0.2) is 34.0 Å². The van der Waals surface area contributed by atoms with Gasteiger partial charge in [0.15, 0.2) is 0 Å². The minimum absolute atomic E-state index is 0.126. The molecule has 0 aliphatic heterocycles. The third-order valence-corrected chi connectivity index (χ3v) is 7.25. The van der Waals surface area contributed by atoms with E-state index in [2.05, 4.69) is 5.32 Å². The number of amides is 2. The molecule has 0 aromatic heterocycles. The van der Waals surface area contributed by atoms with Crippen molar-refractivity contribution in [3.63, 3.8) is 0 Å². The van der Waals surface area contributed by atoms with Gasteiger partial charge in [0.25, 0.3) is 0 Å². The molecule has 7 heteroatoms. The third-order valence-electron chi connectivity index (χ3n) is 5.54. The quantitative estimate of drug-likeness (QED) is 0.297. The van der Waals surface area contributed by atoms with E-state index in [-0.39, 0.29) is 24.1 Å². The lowest BCUT2D eigenvalue weighted by Crippen LogP contribution is -2.54. The molecule has 3 aromatic carbocycles. The molecular formula is C29H32Cl2N2O2S. The highest BCUT2D eigenvalue weighted by Gasteiger charge is 2.33. The smallest absolute Gasteiger partial charge is 0.243 e.